The molecular weight excluding hydrogens is 510 g/mol. The van der Waals surface area contributed by atoms with Crippen LogP contribution in [0.1, 0.15) is 69.2 Å². The van der Waals surface area contributed by atoms with E-state index >= 15 is 0 Å². The van der Waals surface area contributed by atoms with Crippen molar-refractivity contribution in [3.8, 4) is 0 Å². The predicted molar refractivity (Wildman–Crippen MR) is 131 cm³/mol. The molecule has 2 unspecified atom stereocenters. The van der Waals surface area contributed by atoms with Crippen LogP contribution in [0.5, 0.6) is 0 Å². The van der Waals surface area contributed by atoms with Crippen LogP contribution in [-0.2, 0) is 24.1 Å². The van der Waals surface area contributed by atoms with Crippen molar-refractivity contribution in [2.45, 2.75) is 86.2 Å². The molecule has 1 amide bonds. The molecule has 1 saturated heterocycles. The van der Waals surface area contributed by atoms with Crippen molar-refractivity contribution in [3.63, 3.8) is 0 Å². The third-order valence-corrected chi connectivity index (χ3v) is 10.1. The molecule has 0 spiro atoms. The number of nitrogens with zero attached hydrogens (tertiary/aromatic N) is 1. The molecule has 11 heteroatoms. The highest BCUT2D eigenvalue weighted by molar-refractivity contribution is 7.92. The lowest BCUT2D eigenvalue weighted by Crippen LogP contribution is -2.23. The van der Waals surface area contributed by atoms with E-state index in [0.717, 1.165) is 0 Å². The minimum atomic E-state index is -3.36. The molecule has 3 fully saturated rings. The van der Waals surface area contributed by atoms with Gasteiger partial charge in [-0.25, -0.2) is 22.2 Å². The molecule has 2 aliphatic carbocycles. The van der Waals surface area contributed by atoms with Gasteiger partial charge in [0.05, 0.1) is 28.4 Å². The first-order valence-electron chi connectivity index (χ1n) is 12.2. The maximum absolute atomic E-state index is 13.9. The number of carbonyl (C=O) groups excluding carboxylic acids is 1. The maximum atomic E-state index is 13.9. The van der Waals surface area contributed by atoms with Gasteiger partial charge in [-0.05, 0) is 69.6 Å². The van der Waals surface area contributed by atoms with E-state index in [9.17, 15) is 22.0 Å². The van der Waals surface area contributed by atoms with E-state index in [1.54, 1.807) is 17.5 Å². The summed E-state index contributed by atoms with van der Waals surface area (Å²) in [5, 5.41) is 4.70. The molecule has 2 saturated carbocycles. The standard InChI is InChI=1S/C25H30F2N2O5S2/c1-25(2)33-12-22(34-25)21-13-35-24(28-21)29-23(30)18(9-14-10-19(26)20(27)11-14)15-3-5-16(6-4-15)36(31,32)17-7-8-17/h3-6,13-14,17-20,22H,7-12H2,1-2H3,(H,28,29,30)/t14?,18-,19?,20?,22-/m1/s1. The lowest BCUT2D eigenvalue weighted by Gasteiger charge is -2.20. The number of hydrogen-bond acceptors (Lipinski definition) is 7. The summed E-state index contributed by atoms with van der Waals surface area (Å²) in [5.41, 5.74) is 1.26. The van der Waals surface area contributed by atoms with Gasteiger partial charge < -0.3 is 14.8 Å². The molecule has 1 aromatic heterocycles. The fraction of sp³-hybridized carbons (Fsp3) is 0.600. The third-order valence-electron chi connectivity index (χ3n) is 7.06. The first-order chi connectivity index (χ1) is 17.0. The second-order valence-corrected chi connectivity index (χ2v) is 13.4. The highest BCUT2D eigenvalue weighted by atomic mass is 32.2. The average Bonchev–Trinajstić information content (AvgIpc) is 3.39. The molecule has 0 bridgehead atoms. The molecule has 0 radical (unpaired) electrons. The van der Waals surface area contributed by atoms with Crippen molar-refractivity contribution < 1.29 is 31.5 Å². The number of anilines is 1. The number of hydrogen-bond donors (Lipinski definition) is 1. The molecule has 3 aliphatic rings. The number of alkyl halides is 2. The van der Waals surface area contributed by atoms with Crippen LogP contribution in [0.2, 0.25) is 0 Å². The van der Waals surface area contributed by atoms with E-state index in [1.807, 2.05) is 13.8 Å². The number of rotatable bonds is 8. The number of thiazole rings is 1. The van der Waals surface area contributed by atoms with Crippen LogP contribution >= 0.6 is 11.3 Å². The minimum Gasteiger partial charge on any atom is -0.347 e. The summed E-state index contributed by atoms with van der Waals surface area (Å²) < 4.78 is 64.3. The Hall–Kier alpha value is -1.95. The van der Waals surface area contributed by atoms with E-state index in [1.165, 1.54) is 23.5 Å². The Bertz CT molecular complexity index is 1200. The molecule has 1 aromatic carbocycles. The second-order valence-electron chi connectivity index (χ2n) is 10.4. The topological polar surface area (TPSA) is 94.6 Å². The number of aromatic nitrogens is 1. The van der Waals surface area contributed by atoms with Crippen LogP contribution in [0.25, 0.3) is 0 Å². The van der Waals surface area contributed by atoms with Crippen molar-refractivity contribution in [2.24, 2.45) is 5.92 Å². The van der Waals surface area contributed by atoms with Crippen LogP contribution in [0, 0.1) is 5.92 Å². The van der Waals surface area contributed by atoms with Gasteiger partial charge in [0.25, 0.3) is 0 Å². The van der Waals surface area contributed by atoms with Crippen molar-refractivity contribution >= 4 is 32.2 Å². The van der Waals surface area contributed by atoms with Crippen LogP contribution in [-0.4, -0.2) is 49.3 Å². The van der Waals surface area contributed by atoms with Gasteiger partial charge in [-0.1, -0.05) is 12.1 Å². The Morgan fingerprint density at radius 1 is 1.19 bits per heavy atom. The van der Waals surface area contributed by atoms with Gasteiger partial charge in [0.1, 0.15) is 18.4 Å². The summed E-state index contributed by atoms with van der Waals surface area (Å²) >= 11 is 1.26. The van der Waals surface area contributed by atoms with Crippen molar-refractivity contribution in [1.29, 1.82) is 0 Å². The third kappa shape index (κ3) is 5.49. The van der Waals surface area contributed by atoms with Crippen molar-refractivity contribution in [3.05, 3.63) is 40.9 Å². The molecule has 2 heterocycles. The van der Waals surface area contributed by atoms with E-state index < -0.39 is 33.9 Å². The summed E-state index contributed by atoms with van der Waals surface area (Å²) in [6.45, 7) is 4.00. The summed E-state index contributed by atoms with van der Waals surface area (Å²) in [4.78, 5) is 18.1. The molecule has 1 aliphatic heterocycles. The Morgan fingerprint density at radius 2 is 1.86 bits per heavy atom. The summed E-state index contributed by atoms with van der Waals surface area (Å²) in [5.74, 6) is -2.05. The molecule has 2 aromatic rings. The van der Waals surface area contributed by atoms with Crippen molar-refractivity contribution in [2.75, 3.05) is 11.9 Å². The Labute approximate surface area is 213 Å². The number of halogens is 2. The van der Waals surface area contributed by atoms with Gasteiger partial charge in [-0.2, -0.15) is 0 Å². The molecule has 4 atom stereocenters. The molecule has 36 heavy (non-hydrogen) atoms. The van der Waals surface area contributed by atoms with Crippen LogP contribution in [0.4, 0.5) is 13.9 Å². The minimum absolute atomic E-state index is 0.0648. The maximum Gasteiger partial charge on any atom is 0.233 e. The van der Waals surface area contributed by atoms with E-state index in [2.05, 4.69) is 10.3 Å². The SMILES string of the molecule is CC1(C)OC[C@H](c2csc(NC(=O)[C@H](CC3CC(F)C(F)C3)c3ccc(S(=O)(=O)C4CC4)cc3)n2)O1. The Kier molecular flexibility index (Phi) is 6.95. The molecule has 5 rings (SSSR count). The van der Waals surface area contributed by atoms with E-state index in [-0.39, 0.29) is 47.3 Å². The zero-order valence-corrected chi connectivity index (χ0v) is 21.8. The first-order valence-corrected chi connectivity index (χ1v) is 14.6. The summed E-state index contributed by atoms with van der Waals surface area (Å²) in [6.07, 6.45) is -1.67. The zero-order chi connectivity index (χ0) is 25.7. The summed E-state index contributed by atoms with van der Waals surface area (Å²) in [6, 6.07) is 6.31. The quantitative estimate of drug-likeness (QED) is 0.501. The highest BCUT2D eigenvalue weighted by Crippen LogP contribution is 2.39. The number of amides is 1. The molecule has 196 valence electrons. The fourth-order valence-electron chi connectivity index (χ4n) is 4.93. The van der Waals surface area contributed by atoms with Gasteiger partial charge >= 0.3 is 0 Å². The lowest BCUT2D eigenvalue weighted by molar-refractivity contribution is -0.139. The molecule has 1 N–H and O–H groups in total. The highest BCUT2D eigenvalue weighted by Gasteiger charge is 2.39. The summed E-state index contributed by atoms with van der Waals surface area (Å²) in [7, 11) is -3.36. The molecule has 7 nitrogen and oxygen atoms in total. The lowest BCUT2D eigenvalue weighted by atomic mass is 9.87. The Morgan fingerprint density at radius 3 is 2.44 bits per heavy atom. The number of nitrogens with one attached hydrogen (secondary N) is 1. The van der Waals surface area contributed by atoms with Gasteiger partial charge in [0.15, 0.2) is 20.8 Å². The van der Waals surface area contributed by atoms with Crippen LogP contribution in [0.15, 0.2) is 34.5 Å². The van der Waals surface area contributed by atoms with Crippen molar-refractivity contribution in [1.82, 2.24) is 4.98 Å². The normalized spacial score (nSPS) is 28.8. The van der Waals surface area contributed by atoms with E-state index in [0.29, 0.717) is 35.8 Å². The van der Waals surface area contributed by atoms with Crippen LogP contribution in [0.3, 0.4) is 0 Å². The van der Waals surface area contributed by atoms with Crippen LogP contribution < -0.4 is 5.32 Å². The second kappa shape index (κ2) is 9.74. The van der Waals surface area contributed by atoms with Gasteiger partial charge in [-0.15, -0.1) is 11.3 Å². The van der Waals surface area contributed by atoms with Gasteiger partial charge in [-0.3, -0.25) is 4.79 Å². The largest absolute Gasteiger partial charge is 0.347 e. The number of sulfone groups is 1. The smallest absolute Gasteiger partial charge is 0.233 e. The van der Waals surface area contributed by atoms with Gasteiger partial charge in [0.2, 0.25) is 5.91 Å². The van der Waals surface area contributed by atoms with Gasteiger partial charge in [0, 0.05) is 5.38 Å². The predicted octanol–water partition coefficient (Wildman–Crippen LogP) is 5.10. The Balaban J connectivity index is 1.33. The zero-order valence-electron chi connectivity index (χ0n) is 20.2. The van der Waals surface area contributed by atoms with E-state index in [4.69, 9.17) is 9.47 Å². The number of carbonyl (C=O) groups is 1. The molecular formula is C25H30F2N2O5S2. The number of benzene rings is 1. The fourth-order valence-corrected chi connectivity index (χ4v) is 7.34. The first kappa shape index (κ1) is 25.7. The monoisotopic (exact) mass is 540 g/mol. The number of ether oxygens (including phenoxy) is 2. The average molecular weight is 541 g/mol.